The molecule has 10 atom stereocenters. The molecule has 0 aromatic rings. The van der Waals surface area contributed by atoms with Gasteiger partial charge in [0.15, 0.2) is 30.5 Å². The fraction of sp³-hybridized carbons (Fsp3) is 0.762. The van der Waals surface area contributed by atoms with E-state index in [9.17, 15) is 34.1 Å². The van der Waals surface area contributed by atoms with Gasteiger partial charge in [0.2, 0.25) is 0 Å². The highest BCUT2D eigenvalue weighted by Crippen LogP contribution is 2.54. The summed E-state index contributed by atoms with van der Waals surface area (Å²) in [4.78, 5) is 70.9. The molecule has 0 amide bonds. The van der Waals surface area contributed by atoms with Crippen LogP contribution in [0.2, 0.25) is 0 Å². The van der Waals surface area contributed by atoms with Gasteiger partial charge in [-0.3, -0.25) is 34.1 Å². The molecule has 3 aliphatic rings. The zero-order valence-corrected chi connectivity index (χ0v) is 20.1. The Kier molecular flexibility index (Phi) is 8.13. The molecule has 3 heterocycles. The van der Waals surface area contributed by atoms with Crippen LogP contribution in [0.1, 0.15) is 34.6 Å². The third kappa shape index (κ3) is 5.90. The van der Waals surface area contributed by atoms with Crippen LogP contribution in [0.3, 0.4) is 0 Å². The molecule has 0 aromatic carbocycles. The predicted octanol–water partition coefficient (Wildman–Crippen LogP) is -0.914. The van der Waals surface area contributed by atoms with Crippen molar-refractivity contribution in [3.63, 3.8) is 0 Å². The molecular weight excluding hydrogens is 490 g/mol. The van der Waals surface area contributed by atoms with E-state index in [-0.39, 0.29) is 0 Å². The lowest BCUT2D eigenvalue weighted by Crippen LogP contribution is -2.59. The minimum absolute atomic E-state index is 0.492. The molecule has 0 saturated carbocycles. The van der Waals surface area contributed by atoms with Crippen LogP contribution in [-0.4, -0.2) is 96.3 Å². The van der Waals surface area contributed by atoms with Crippen molar-refractivity contribution in [1.82, 2.24) is 0 Å². The molecule has 0 spiro atoms. The molecule has 0 unspecified atom stereocenters. The number of hydrogen-bond acceptors (Lipinski definition) is 14. The number of nitro groups is 1. The Morgan fingerprint density at radius 1 is 0.722 bits per heavy atom. The Morgan fingerprint density at radius 3 is 1.72 bits per heavy atom. The molecule has 0 radical (unpaired) electrons. The van der Waals surface area contributed by atoms with Crippen molar-refractivity contribution in [2.75, 3.05) is 6.61 Å². The van der Waals surface area contributed by atoms with E-state index in [0.29, 0.717) is 0 Å². The van der Waals surface area contributed by atoms with Crippen molar-refractivity contribution in [2.45, 2.75) is 89.5 Å². The number of fused-ring (bicyclic) bond motifs is 5. The summed E-state index contributed by atoms with van der Waals surface area (Å²) >= 11 is 0. The van der Waals surface area contributed by atoms with Crippen molar-refractivity contribution in [3.05, 3.63) is 10.1 Å². The number of hydrogen-bond donors (Lipinski definition) is 0. The van der Waals surface area contributed by atoms with Crippen LogP contribution in [0.25, 0.3) is 0 Å². The molecule has 3 fully saturated rings. The van der Waals surface area contributed by atoms with Crippen molar-refractivity contribution in [2.24, 2.45) is 5.92 Å². The van der Waals surface area contributed by atoms with Crippen LogP contribution in [0.4, 0.5) is 0 Å². The zero-order valence-electron chi connectivity index (χ0n) is 20.1. The van der Waals surface area contributed by atoms with E-state index in [1.807, 2.05) is 0 Å². The average Bonchev–Trinajstić information content (AvgIpc) is 3.35. The fourth-order valence-corrected chi connectivity index (χ4v) is 4.86. The first-order valence-electron chi connectivity index (χ1n) is 11.1. The number of carbonyl (C=O) groups is 5. The number of nitrogens with zero attached hydrogens (tertiary/aromatic N) is 1. The topological polar surface area (TPSA) is 196 Å². The van der Waals surface area contributed by atoms with Gasteiger partial charge >= 0.3 is 29.8 Å². The molecule has 0 aromatic heterocycles. The molecule has 0 N–H and O–H groups in total. The molecule has 36 heavy (non-hydrogen) atoms. The van der Waals surface area contributed by atoms with Gasteiger partial charge in [0.05, 0.1) is 5.92 Å². The molecule has 15 heteroatoms. The molecule has 2 bridgehead atoms. The molecule has 0 aliphatic carbocycles. The summed E-state index contributed by atoms with van der Waals surface area (Å²) in [7, 11) is 0. The largest absolute Gasteiger partial charge is 0.462 e. The highest BCUT2D eigenvalue weighted by atomic mass is 16.7. The number of epoxide rings is 1. The van der Waals surface area contributed by atoms with Crippen LogP contribution in [0.5, 0.6) is 0 Å². The van der Waals surface area contributed by atoms with Gasteiger partial charge in [-0.2, -0.15) is 0 Å². The fourth-order valence-electron chi connectivity index (χ4n) is 4.86. The second-order valence-corrected chi connectivity index (χ2v) is 8.66. The van der Waals surface area contributed by atoms with Gasteiger partial charge in [0, 0.05) is 39.5 Å². The first-order valence-corrected chi connectivity index (χ1v) is 11.1. The second kappa shape index (κ2) is 10.7. The second-order valence-electron chi connectivity index (χ2n) is 8.66. The number of ether oxygens (including phenoxy) is 7. The Morgan fingerprint density at radius 2 is 1.22 bits per heavy atom. The van der Waals surface area contributed by atoms with E-state index in [4.69, 9.17) is 33.2 Å². The summed E-state index contributed by atoms with van der Waals surface area (Å²) in [6.07, 6.45) is -9.36. The summed E-state index contributed by atoms with van der Waals surface area (Å²) in [5.41, 5.74) is 0. The maximum Gasteiger partial charge on any atom is 0.303 e. The quantitative estimate of drug-likeness (QED) is 0.107. The van der Waals surface area contributed by atoms with E-state index < -0.39 is 102 Å². The third-order valence-electron chi connectivity index (χ3n) is 5.94. The smallest absolute Gasteiger partial charge is 0.303 e. The molecule has 3 rings (SSSR count). The van der Waals surface area contributed by atoms with Gasteiger partial charge < -0.3 is 33.2 Å². The Balaban J connectivity index is 2.08. The number of carbonyl (C=O) groups excluding carboxylic acids is 5. The van der Waals surface area contributed by atoms with E-state index in [0.717, 1.165) is 34.6 Å². The lowest BCUT2D eigenvalue weighted by molar-refractivity contribution is -0.538. The molecule has 200 valence electrons. The van der Waals surface area contributed by atoms with Gasteiger partial charge in [0.1, 0.15) is 24.9 Å². The maximum atomic E-state index is 12.1. The first kappa shape index (κ1) is 27.3. The van der Waals surface area contributed by atoms with Crippen molar-refractivity contribution >= 4 is 29.8 Å². The van der Waals surface area contributed by atoms with Crippen molar-refractivity contribution < 1.29 is 62.1 Å². The molecule has 3 saturated heterocycles. The lowest BCUT2D eigenvalue weighted by Gasteiger charge is -2.38. The monoisotopic (exact) mass is 517 g/mol. The summed E-state index contributed by atoms with van der Waals surface area (Å²) in [6.45, 7) is 4.55. The molecule has 15 nitrogen and oxygen atoms in total. The summed E-state index contributed by atoms with van der Waals surface area (Å²) in [5.74, 6) is -5.55. The average molecular weight is 517 g/mol. The summed E-state index contributed by atoms with van der Waals surface area (Å²) in [6, 6.07) is -1.42. The summed E-state index contributed by atoms with van der Waals surface area (Å²) < 4.78 is 37.5. The molecular formula is C21H27NO14. The van der Waals surface area contributed by atoms with Gasteiger partial charge in [-0.05, 0) is 0 Å². The highest BCUT2D eigenvalue weighted by Gasteiger charge is 2.76. The molecule has 3 aliphatic heterocycles. The van der Waals surface area contributed by atoms with E-state index >= 15 is 0 Å². The van der Waals surface area contributed by atoms with E-state index in [2.05, 4.69) is 0 Å². The Bertz CT molecular complexity index is 936. The number of rotatable bonds is 11. The van der Waals surface area contributed by atoms with Crippen LogP contribution >= 0.6 is 0 Å². The third-order valence-corrected chi connectivity index (χ3v) is 5.94. The SMILES string of the molecule is CC(=O)OC[C@@H](OC(C)=O)[C@@H](OC(C)=O)[C@H](OC(C)=O)[C@H](OC(C)=O)[C@@H]1[C@@H]2O[C@@H]([C@H]3O[C@H]32)[C@H]1[N+](=O)[O-]. The number of esters is 5. The van der Waals surface area contributed by atoms with Crippen LogP contribution in [-0.2, 0) is 57.1 Å². The lowest BCUT2D eigenvalue weighted by atomic mass is 9.78. The maximum absolute atomic E-state index is 12.1. The van der Waals surface area contributed by atoms with Gasteiger partial charge in [-0.25, -0.2) is 0 Å². The van der Waals surface area contributed by atoms with Gasteiger partial charge in [-0.15, -0.1) is 0 Å². The van der Waals surface area contributed by atoms with E-state index in [1.165, 1.54) is 0 Å². The van der Waals surface area contributed by atoms with Crippen LogP contribution in [0, 0.1) is 16.0 Å². The van der Waals surface area contributed by atoms with Gasteiger partial charge in [0.25, 0.3) is 6.04 Å². The highest BCUT2D eigenvalue weighted by molar-refractivity contribution is 5.69. The van der Waals surface area contributed by atoms with Crippen molar-refractivity contribution in [1.29, 1.82) is 0 Å². The minimum Gasteiger partial charge on any atom is -0.462 e. The Labute approximate surface area is 204 Å². The van der Waals surface area contributed by atoms with Crippen LogP contribution in [0.15, 0.2) is 0 Å². The predicted molar refractivity (Wildman–Crippen MR) is 110 cm³/mol. The van der Waals surface area contributed by atoms with Crippen LogP contribution < -0.4 is 0 Å². The standard InChI is InChI=1S/C21H27NO14/c1-7(23)30-6-12(31-8(2)24)15(32-9(3)25)19(34-11(5)27)16(33-10(4)26)13-14(22(28)29)18-21-20(36-21)17(13)35-18/h12-21H,6H2,1-5H3/t12-,13-,14+,15-,16-,17+,18-,19+,20+,21-/m1/s1. The first-order chi connectivity index (χ1) is 16.8. The minimum atomic E-state index is -1.72. The zero-order chi connectivity index (χ0) is 26.9. The van der Waals surface area contributed by atoms with Gasteiger partial charge in [-0.1, -0.05) is 0 Å². The van der Waals surface area contributed by atoms with Crippen molar-refractivity contribution in [3.8, 4) is 0 Å². The van der Waals surface area contributed by atoms with E-state index in [1.54, 1.807) is 0 Å². The normalized spacial score (nSPS) is 30.6. The summed E-state index contributed by atoms with van der Waals surface area (Å²) in [5, 5.41) is 12.0. The Hall–Kier alpha value is -3.33.